The summed E-state index contributed by atoms with van der Waals surface area (Å²) < 4.78 is 14.8. The van der Waals surface area contributed by atoms with E-state index < -0.39 is 0 Å². The first-order valence-electron chi connectivity index (χ1n) is 6.98. The molecule has 2 nitrogen and oxygen atoms in total. The van der Waals surface area contributed by atoms with Gasteiger partial charge in [-0.25, -0.2) is 4.39 Å². The van der Waals surface area contributed by atoms with Gasteiger partial charge < -0.3 is 10.6 Å². The van der Waals surface area contributed by atoms with Gasteiger partial charge in [-0.05, 0) is 56.8 Å². The van der Waals surface area contributed by atoms with Gasteiger partial charge in [0.05, 0.1) is 0 Å². The van der Waals surface area contributed by atoms with E-state index in [-0.39, 0.29) is 11.9 Å². The Hall–Kier alpha value is -0.450. The van der Waals surface area contributed by atoms with Gasteiger partial charge in [-0.15, -0.1) is 0 Å². The van der Waals surface area contributed by atoms with Crippen molar-refractivity contribution in [3.8, 4) is 0 Å². The highest BCUT2D eigenvalue weighted by Crippen LogP contribution is 2.42. The molecule has 0 spiro atoms. The minimum Gasteiger partial charge on any atom is -0.324 e. The molecule has 0 radical (unpaired) electrons. The van der Waals surface area contributed by atoms with Gasteiger partial charge in [0.15, 0.2) is 0 Å². The van der Waals surface area contributed by atoms with Gasteiger partial charge in [-0.3, -0.25) is 0 Å². The zero-order valence-corrected chi connectivity index (χ0v) is 12.7. The van der Waals surface area contributed by atoms with Crippen molar-refractivity contribution < 1.29 is 4.39 Å². The molecule has 3 unspecified atom stereocenters. The van der Waals surface area contributed by atoms with Gasteiger partial charge in [-0.1, -0.05) is 15.9 Å². The number of fused-ring (bicyclic) bond motifs is 2. The van der Waals surface area contributed by atoms with Crippen LogP contribution < -0.4 is 5.73 Å². The lowest BCUT2D eigenvalue weighted by Crippen LogP contribution is -2.42. The number of rotatable bonds is 2. The van der Waals surface area contributed by atoms with Crippen LogP contribution in [-0.2, 0) is 0 Å². The summed E-state index contributed by atoms with van der Waals surface area (Å²) in [4.78, 5) is 2.49. The van der Waals surface area contributed by atoms with E-state index in [0.717, 1.165) is 17.3 Å². The maximum atomic E-state index is 14.0. The van der Waals surface area contributed by atoms with E-state index in [1.165, 1.54) is 18.9 Å². The number of benzene rings is 1. The number of halogens is 2. The third-order valence-corrected chi connectivity index (χ3v) is 5.45. The highest BCUT2D eigenvalue weighted by Gasteiger charge is 2.40. The molecule has 4 heteroatoms. The van der Waals surface area contributed by atoms with Crippen LogP contribution in [0.4, 0.5) is 4.39 Å². The molecule has 19 heavy (non-hydrogen) atoms. The first-order chi connectivity index (χ1) is 9.06. The Morgan fingerprint density at radius 1 is 1.32 bits per heavy atom. The summed E-state index contributed by atoms with van der Waals surface area (Å²) in [7, 11) is 2.21. The molecular weight excluding hydrogens is 307 g/mol. The Morgan fingerprint density at radius 3 is 2.58 bits per heavy atom. The Labute approximate surface area is 122 Å². The predicted molar refractivity (Wildman–Crippen MR) is 78.3 cm³/mol. The molecule has 2 saturated heterocycles. The van der Waals surface area contributed by atoms with Crippen LogP contribution in [0, 0.1) is 11.7 Å². The number of hydrogen-bond acceptors (Lipinski definition) is 2. The zero-order chi connectivity index (χ0) is 13.6. The molecule has 2 bridgehead atoms. The second-order valence-corrected chi connectivity index (χ2v) is 6.89. The lowest BCUT2D eigenvalue weighted by atomic mass is 9.82. The van der Waals surface area contributed by atoms with Crippen LogP contribution >= 0.6 is 15.9 Å². The average molecular weight is 327 g/mol. The predicted octanol–water partition coefficient (Wildman–Crippen LogP) is 3.46. The van der Waals surface area contributed by atoms with Gasteiger partial charge in [0.1, 0.15) is 5.82 Å². The fraction of sp³-hybridized carbons (Fsp3) is 0.600. The third-order valence-electron chi connectivity index (χ3n) is 4.96. The van der Waals surface area contributed by atoms with Crippen molar-refractivity contribution in [2.24, 2.45) is 11.7 Å². The van der Waals surface area contributed by atoms with Crippen molar-refractivity contribution >= 4 is 15.9 Å². The van der Waals surface area contributed by atoms with E-state index >= 15 is 0 Å². The summed E-state index contributed by atoms with van der Waals surface area (Å²) >= 11 is 3.40. The maximum Gasteiger partial charge on any atom is 0.128 e. The molecule has 2 fully saturated rings. The van der Waals surface area contributed by atoms with Gasteiger partial charge >= 0.3 is 0 Å². The van der Waals surface area contributed by atoms with Gasteiger partial charge in [0.2, 0.25) is 0 Å². The first-order valence-corrected chi connectivity index (χ1v) is 7.78. The van der Waals surface area contributed by atoms with Gasteiger partial charge in [-0.2, -0.15) is 0 Å². The van der Waals surface area contributed by atoms with E-state index in [9.17, 15) is 4.39 Å². The van der Waals surface area contributed by atoms with E-state index in [0.29, 0.717) is 23.6 Å². The highest BCUT2D eigenvalue weighted by atomic mass is 79.9. The van der Waals surface area contributed by atoms with Crippen LogP contribution in [0.2, 0.25) is 0 Å². The number of hydrogen-bond donors (Lipinski definition) is 1. The Morgan fingerprint density at radius 2 is 1.95 bits per heavy atom. The van der Waals surface area contributed by atoms with Crippen molar-refractivity contribution in [3.63, 3.8) is 0 Å². The molecule has 0 aliphatic carbocycles. The summed E-state index contributed by atoms with van der Waals surface area (Å²) in [5, 5.41) is 0. The topological polar surface area (TPSA) is 29.3 Å². The zero-order valence-electron chi connectivity index (χ0n) is 11.2. The monoisotopic (exact) mass is 326 g/mol. The van der Waals surface area contributed by atoms with E-state index in [1.807, 2.05) is 6.07 Å². The Bertz CT molecular complexity index is 465. The molecule has 0 aromatic heterocycles. The summed E-state index contributed by atoms with van der Waals surface area (Å²) in [6, 6.07) is 6.16. The molecule has 3 rings (SSSR count). The maximum absolute atomic E-state index is 14.0. The molecule has 3 atom stereocenters. The summed E-state index contributed by atoms with van der Waals surface area (Å²) in [6.45, 7) is 0. The number of piperidine rings is 1. The standard InChI is InChI=1S/C15H20BrFN2/c1-19-11-3-4-12(19)7-9(6-11)15(18)13-8-10(16)2-5-14(13)17/h2,5,8-9,11-12,15H,3-4,6-7,18H2,1H3. The SMILES string of the molecule is CN1C2CCC1CC(C(N)c1cc(Br)ccc1F)C2. The lowest BCUT2D eigenvalue weighted by Gasteiger charge is -2.39. The van der Waals surface area contributed by atoms with Crippen molar-refractivity contribution in [1.29, 1.82) is 0 Å². The first kappa shape index (κ1) is 13.5. The van der Waals surface area contributed by atoms with Crippen LogP contribution in [0.25, 0.3) is 0 Å². The Balaban J connectivity index is 1.81. The largest absolute Gasteiger partial charge is 0.324 e. The van der Waals surface area contributed by atoms with E-state index in [2.05, 4.69) is 27.9 Å². The molecule has 0 amide bonds. The van der Waals surface area contributed by atoms with Gasteiger partial charge in [0, 0.05) is 28.2 Å². The number of nitrogens with zero attached hydrogens (tertiary/aromatic N) is 1. The molecule has 1 aromatic carbocycles. The van der Waals surface area contributed by atoms with Crippen LogP contribution in [-0.4, -0.2) is 24.0 Å². The molecule has 2 N–H and O–H groups in total. The second kappa shape index (κ2) is 5.15. The van der Waals surface area contributed by atoms with E-state index in [1.54, 1.807) is 6.07 Å². The van der Waals surface area contributed by atoms with Gasteiger partial charge in [0.25, 0.3) is 0 Å². The van der Waals surface area contributed by atoms with Crippen LogP contribution in [0.1, 0.15) is 37.3 Å². The molecule has 2 aliphatic rings. The average Bonchev–Trinajstić information content (AvgIpc) is 2.64. The van der Waals surface area contributed by atoms with Crippen molar-refractivity contribution in [1.82, 2.24) is 4.90 Å². The fourth-order valence-electron chi connectivity index (χ4n) is 3.77. The molecule has 2 heterocycles. The lowest BCUT2D eigenvalue weighted by molar-refractivity contribution is 0.120. The van der Waals surface area contributed by atoms with Crippen LogP contribution in [0.15, 0.2) is 22.7 Å². The van der Waals surface area contributed by atoms with Crippen molar-refractivity contribution in [2.45, 2.75) is 43.8 Å². The highest BCUT2D eigenvalue weighted by molar-refractivity contribution is 9.10. The fourth-order valence-corrected chi connectivity index (χ4v) is 4.15. The smallest absolute Gasteiger partial charge is 0.128 e. The summed E-state index contributed by atoms with van der Waals surface area (Å²) in [5.41, 5.74) is 7.01. The molecule has 0 saturated carbocycles. The third kappa shape index (κ3) is 2.46. The van der Waals surface area contributed by atoms with Crippen LogP contribution in [0.3, 0.4) is 0 Å². The number of nitrogens with two attached hydrogens (primary N) is 1. The molecule has 104 valence electrons. The minimum atomic E-state index is -0.186. The molecule has 1 aromatic rings. The van der Waals surface area contributed by atoms with Crippen molar-refractivity contribution in [2.75, 3.05) is 7.05 Å². The van der Waals surface area contributed by atoms with Crippen LogP contribution in [0.5, 0.6) is 0 Å². The van der Waals surface area contributed by atoms with Crippen molar-refractivity contribution in [3.05, 3.63) is 34.1 Å². The molecular formula is C15H20BrFN2. The normalized spacial score (nSPS) is 32.5. The van der Waals surface area contributed by atoms with E-state index in [4.69, 9.17) is 5.73 Å². The summed E-state index contributed by atoms with van der Waals surface area (Å²) in [6.07, 6.45) is 4.73. The Kier molecular flexibility index (Phi) is 3.67. The summed E-state index contributed by atoms with van der Waals surface area (Å²) in [5.74, 6) is 0.222. The second-order valence-electron chi connectivity index (χ2n) is 5.97. The quantitative estimate of drug-likeness (QED) is 0.901. The minimum absolute atomic E-state index is 0.179. The molecule has 2 aliphatic heterocycles.